The second-order valence-electron chi connectivity index (χ2n) is 10.9. The summed E-state index contributed by atoms with van der Waals surface area (Å²) in [4.78, 5) is 14.8. The number of aliphatic carboxylic acids is 1. The van der Waals surface area contributed by atoms with Crippen molar-refractivity contribution in [2.24, 2.45) is 11.8 Å². The second-order valence-corrected chi connectivity index (χ2v) is 11.3. The Morgan fingerprint density at radius 1 is 1.02 bits per heavy atom. The lowest BCUT2D eigenvalue weighted by molar-refractivity contribution is -0.144. The van der Waals surface area contributed by atoms with E-state index in [1.165, 1.54) is 36.0 Å². The van der Waals surface area contributed by atoms with Crippen LogP contribution in [-0.2, 0) is 24.3 Å². The summed E-state index contributed by atoms with van der Waals surface area (Å²) in [6, 6.07) is 14.2. The normalized spacial score (nSPS) is 19.1. The third-order valence-corrected chi connectivity index (χ3v) is 8.53. The molecule has 2 aliphatic carbocycles. The van der Waals surface area contributed by atoms with Gasteiger partial charge in [-0.3, -0.25) is 14.3 Å². The van der Waals surface area contributed by atoms with Gasteiger partial charge in [-0.25, -0.2) is 0 Å². The van der Waals surface area contributed by atoms with Gasteiger partial charge in [0.05, 0.1) is 19.6 Å². The Labute approximate surface area is 239 Å². The molecule has 1 saturated carbocycles. The van der Waals surface area contributed by atoms with E-state index in [1.807, 2.05) is 36.4 Å². The zero-order chi connectivity index (χ0) is 28.2. The van der Waals surface area contributed by atoms with Gasteiger partial charge >= 0.3 is 5.97 Å². The number of ether oxygens (including phenoxy) is 2. The molecule has 3 aromatic rings. The first-order chi connectivity index (χ1) is 19.3. The number of fused-ring (bicyclic) bond motifs is 1. The first-order valence-corrected chi connectivity index (χ1v) is 14.3. The van der Waals surface area contributed by atoms with Crippen molar-refractivity contribution in [2.75, 3.05) is 20.3 Å². The summed E-state index contributed by atoms with van der Waals surface area (Å²) in [6.07, 6.45) is 6.50. The van der Waals surface area contributed by atoms with Gasteiger partial charge in [0.15, 0.2) is 23.3 Å². The van der Waals surface area contributed by atoms with Crippen LogP contribution in [0.3, 0.4) is 0 Å². The van der Waals surface area contributed by atoms with E-state index in [0.29, 0.717) is 35.4 Å². The van der Waals surface area contributed by atoms with Crippen LogP contribution in [0, 0.1) is 11.8 Å². The fraction of sp³-hybridized carbons (Fsp3) is 0.452. The van der Waals surface area contributed by atoms with Crippen LogP contribution < -0.4 is 9.47 Å². The number of carboxylic acid groups (broad SMARTS) is 1. The highest BCUT2D eigenvalue weighted by atomic mass is 35.5. The molecular weight excluding hydrogens is 532 g/mol. The van der Waals surface area contributed by atoms with E-state index in [2.05, 4.69) is 4.90 Å². The molecule has 1 fully saturated rings. The Balaban J connectivity index is 1.38. The minimum absolute atomic E-state index is 0.0307. The van der Waals surface area contributed by atoms with E-state index in [-0.39, 0.29) is 31.0 Å². The number of methoxy groups -OCH3 is 1. The Morgan fingerprint density at radius 2 is 1.77 bits per heavy atom. The van der Waals surface area contributed by atoms with Gasteiger partial charge in [-0.15, -0.1) is 0 Å². The van der Waals surface area contributed by atoms with E-state index < -0.39 is 11.9 Å². The highest BCUT2D eigenvalue weighted by Crippen LogP contribution is 2.43. The minimum atomic E-state index is -0.785. The van der Waals surface area contributed by atoms with Crippen molar-refractivity contribution in [3.05, 3.63) is 70.2 Å². The smallest absolute Gasteiger partial charge is 0.308 e. The predicted molar refractivity (Wildman–Crippen MR) is 152 cm³/mol. The molecule has 1 aromatic heterocycles. The SMILES string of the molecule is COc1cc(CN(CC2CCCCC2)C2c3ccc(Cl)cc3CC2C(=O)O)ccc1OCCn1c(O)ccc1O. The summed E-state index contributed by atoms with van der Waals surface area (Å²) in [7, 11) is 1.59. The highest BCUT2D eigenvalue weighted by Gasteiger charge is 2.41. The lowest BCUT2D eigenvalue weighted by Crippen LogP contribution is -2.38. The number of rotatable bonds is 11. The molecule has 9 heteroatoms. The molecule has 0 saturated heterocycles. The molecule has 0 radical (unpaired) electrons. The number of nitrogens with zero attached hydrogens (tertiary/aromatic N) is 2. The fourth-order valence-corrected chi connectivity index (χ4v) is 6.54. The second kappa shape index (κ2) is 12.4. The third-order valence-electron chi connectivity index (χ3n) is 8.29. The number of benzene rings is 2. The molecule has 0 bridgehead atoms. The fourth-order valence-electron chi connectivity index (χ4n) is 6.34. The molecule has 3 N–H and O–H groups in total. The predicted octanol–water partition coefficient (Wildman–Crippen LogP) is 6.02. The van der Waals surface area contributed by atoms with Gasteiger partial charge in [-0.2, -0.15) is 0 Å². The van der Waals surface area contributed by atoms with Gasteiger partial charge in [0.2, 0.25) is 0 Å². The van der Waals surface area contributed by atoms with E-state index >= 15 is 0 Å². The molecule has 2 unspecified atom stereocenters. The van der Waals surface area contributed by atoms with Gasteiger partial charge in [0, 0.05) is 36.3 Å². The van der Waals surface area contributed by atoms with Crippen molar-refractivity contribution < 1.29 is 29.6 Å². The van der Waals surface area contributed by atoms with Crippen LogP contribution in [0.4, 0.5) is 0 Å². The van der Waals surface area contributed by atoms with Crippen LogP contribution >= 0.6 is 11.6 Å². The maximum absolute atomic E-state index is 12.5. The molecule has 2 atom stereocenters. The summed E-state index contributed by atoms with van der Waals surface area (Å²) in [6.45, 7) is 1.91. The summed E-state index contributed by atoms with van der Waals surface area (Å²) >= 11 is 6.28. The standard InChI is InChI=1S/C31H37ClN2O6/c1-39-27-15-21(7-10-26(27)40-14-13-34-28(35)11-12-29(34)36)19-33(18-20-5-3-2-4-6-20)30-24-9-8-23(32)16-22(24)17-25(30)31(37)38/h7-12,15-16,20,25,30,35-36H,2-6,13-14,17-19H2,1H3,(H,37,38). The average molecular weight is 569 g/mol. The van der Waals surface area contributed by atoms with Gasteiger partial charge < -0.3 is 24.8 Å². The summed E-state index contributed by atoms with van der Waals surface area (Å²) in [5.41, 5.74) is 3.07. The molecule has 0 aliphatic heterocycles. The molecule has 8 nitrogen and oxygen atoms in total. The molecule has 5 rings (SSSR count). The van der Waals surface area contributed by atoms with Crippen molar-refractivity contribution in [2.45, 2.75) is 57.7 Å². The lowest BCUT2D eigenvalue weighted by atomic mass is 9.87. The molecule has 40 heavy (non-hydrogen) atoms. The molecule has 2 aromatic carbocycles. The number of hydrogen-bond acceptors (Lipinski definition) is 6. The van der Waals surface area contributed by atoms with E-state index in [0.717, 1.165) is 36.1 Å². The number of halogens is 1. The zero-order valence-corrected chi connectivity index (χ0v) is 23.5. The number of aromatic hydroxyl groups is 2. The number of carboxylic acids is 1. The molecule has 0 amide bonds. The summed E-state index contributed by atoms with van der Waals surface area (Å²) in [5.74, 6) is 0.277. The van der Waals surface area contributed by atoms with Crippen molar-refractivity contribution in [3.63, 3.8) is 0 Å². The van der Waals surface area contributed by atoms with Crippen LogP contribution in [0.25, 0.3) is 0 Å². The largest absolute Gasteiger partial charge is 0.494 e. The summed E-state index contributed by atoms with van der Waals surface area (Å²) < 4.78 is 12.9. The summed E-state index contributed by atoms with van der Waals surface area (Å²) in [5, 5.41) is 30.6. The number of hydrogen-bond donors (Lipinski definition) is 3. The highest BCUT2D eigenvalue weighted by molar-refractivity contribution is 6.30. The van der Waals surface area contributed by atoms with E-state index in [4.69, 9.17) is 21.1 Å². The van der Waals surface area contributed by atoms with Crippen LogP contribution in [0.1, 0.15) is 54.8 Å². The van der Waals surface area contributed by atoms with E-state index in [9.17, 15) is 20.1 Å². The van der Waals surface area contributed by atoms with Crippen molar-refractivity contribution >= 4 is 17.6 Å². The van der Waals surface area contributed by atoms with Gasteiger partial charge in [0.25, 0.3) is 0 Å². The quantitative estimate of drug-likeness (QED) is 0.260. The topological polar surface area (TPSA) is 104 Å². The van der Waals surface area contributed by atoms with Crippen molar-refractivity contribution in [3.8, 4) is 23.3 Å². The molecule has 0 spiro atoms. The average Bonchev–Trinajstić information content (AvgIpc) is 3.48. The number of aromatic nitrogens is 1. The first-order valence-electron chi connectivity index (χ1n) is 14.0. The van der Waals surface area contributed by atoms with Crippen molar-refractivity contribution in [1.29, 1.82) is 0 Å². The zero-order valence-electron chi connectivity index (χ0n) is 22.8. The maximum atomic E-state index is 12.5. The van der Waals surface area contributed by atoms with Crippen LogP contribution in [0.5, 0.6) is 23.3 Å². The van der Waals surface area contributed by atoms with E-state index in [1.54, 1.807) is 7.11 Å². The molecule has 1 heterocycles. The third kappa shape index (κ3) is 6.18. The van der Waals surface area contributed by atoms with Crippen LogP contribution in [0.15, 0.2) is 48.5 Å². The molecular formula is C31H37ClN2O6. The molecule has 214 valence electrons. The Hall–Kier alpha value is -3.36. The van der Waals surface area contributed by atoms with Gasteiger partial charge in [0.1, 0.15) is 6.61 Å². The Morgan fingerprint density at radius 3 is 2.48 bits per heavy atom. The lowest BCUT2D eigenvalue weighted by Gasteiger charge is -2.36. The number of carbonyl (C=O) groups is 1. The Bertz CT molecular complexity index is 1320. The van der Waals surface area contributed by atoms with Crippen molar-refractivity contribution in [1.82, 2.24) is 9.47 Å². The maximum Gasteiger partial charge on any atom is 0.308 e. The van der Waals surface area contributed by atoms with Crippen LogP contribution in [-0.4, -0.2) is 51.0 Å². The monoisotopic (exact) mass is 568 g/mol. The van der Waals surface area contributed by atoms with Gasteiger partial charge in [-0.05, 0) is 66.1 Å². The van der Waals surface area contributed by atoms with Crippen LogP contribution in [0.2, 0.25) is 5.02 Å². The minimum Gasteiger partial charge on any atom is -0.494 e. The first kappa shape index (κ1) is 28.2. The Kier molecular flexibility index (Phi) is 8.76. The molecule has 2 aliphatic rings. The van der Waals surface area contributed by atoms with Gasteiger partial charge in [-0.1, -0.05) is 43.0 Å².